The zero-order chi connectivity index (χ0) is 20.9. The van der Waals surface area contributed by atoms with Gasteiger partial charge in [0.15, 0.2) is 0 Å². The van der Waals surface area contributed by atoms with Crippen LogP contribution in [0, 0.1) is 0 Å². The summed E-state index contributed by atoms with van der Waals surface area (Å²) in [5.74, 6) is -0.839. The van der Waals surface area contributed by atoms with Crippen molar-refractivity contribution in [2.24, 2.45) is 0 Å². The van der Waals surface area contributed by atoms with Gasteiger partial charge in [0.05, 0.1) is 7.11 Å². The first-order valence-electron chi connectivity index (χ1n) is 9.08. The van der Waals surface area contributed by atoms with Crippen molar-refractivity contribution in [1.82, 2.24) is 20.9 Å². The van der Waals surface area contributed by atoms with Gasteiger partial charge in [0, 0.05) is 6.54 Å². The van der Waals surface area contributed by atoms with Crippen LogP contribution in [0.25, 0.3) is 0 Å². The van der Waals surface area contributed by atoms with E-state index >= 15 is 0 Å². The van der Waals surface area contributed by atoms with Crippen LogP contribution in [0.3, 0.4) is 0 Å². The molecule has 5 amide bonds. The highest BCUT2D eigenvalue weighted by Gasteiger charge is 2.49. The molecule has 0 unspecified atom stereocenters. The molecule has 28 heavy (non-hydrogen) atoms. The van der Waals surface area contributed by atoms with Crippen LogP contribution < -0.4 is 20.7 Å². The molecule has 9 nitrogen and oxygen atoms in total. The molecule has 0 bridgehead atoms. The number of carbonyl (C=O) groups is 4. The summed E-state index contributed by atoms with van der Waals surface area (Å²) in [6.07, 6.45) is 0.777. The zero-order valence-corrected chi connectivity index (χ0v) is 16.5. The van der Waals surface area contributed by atoms with Gasteiger partial charge in [0.2, 0.25) is 11.8 Å². The lowest BCUT2D eigenvalue weighted by molar-refractivity contribution is -0.135. The quantitative estimate of drug-likeness (QED) is 0.559. The third-order valence-electron chi connectivity index (χ3n) is 4.56. The van der Waals surface area contributed by atoms with Crippen molar-refractivity contribution in [2.75, 3.05) is 20.2 Å². The molecule has 1 fully saturated rings. The van der Waals surface area contributed by atoms with Crippen LogP contribution in [-0.4, -0.2) is 54.9 Å². The Bertz CT molecular complexity index is 764. The third-order valence-corrected chi connectivity index (χ3v) is 4.56. The number of hydrogen-bond acceptors (Lipinski definition) is 5. The van der Waals surface area contributed by atoms with Crippen molar-refractivity contribution in [1.29, 1.82) is 0 Å². The topological polar surface area (TPSA) is 117 Å². The maximum atomic E-state index is 12.8. The van der Waals surface area contributed by atoms with Gasteiger partial charge in [-0.1, -0.05) is 19.1 Å². The van der Waals surface area contributed by atoms with Crippen molar-refractivity contribution < 1.29 is 23.9 Å². The van der Waals surface area contributed by atoms with Crippen LogP contribution in [0.15, 0.2) is 24.3 Å². The van der Waals surface area contributed by atoms with Crippen molar-refractivity contribution >= 4 is 23.8 Å². The minimum absolute atomic E-state index is 0.324. The summed E-state index contributed by atoms with van der Waals surface area (Å²) in [6.45, 7) is 5.07. The summed E-state index contributed by atoms with van der Waals surface area (Å²) in [5.41, 5.74) is -0.713. The summed E-state index contributed by atoms with van der Waals surface area (Å²) in [4.78, 5) is 50.1. The second kappa shape index (κ2) is 8.73. The van der Waals surface area contributed by atoms with Crippen molar-refractivity contribution in [3.05, 3.63) is 29.8 Å². The number of hydrogen-bond donors (Lipinski definition) is 3. The average molecular weight is 390 g/mol. The van der Waals surface area contributed by atoms with Gasteiger partial charge in [-0.2, -0.15) is 0 Å². The molecule has 1 aromatic carbocycles. The molecule has 1 saturated heterocycles. The Kier molecular flexibility index (Phi) is 6.61. The lowest BCUT2D eigenvalue weighted by Crippen LogP contribution is -2.49. The molecule has 0 spiro atoms. The molecule has 1 heterocycles. The second-order valence-electron chi connectivity index (χ2n) is 6.76. The molecule has 3 N–H and O–H groups in total. The predicted octanol–water partition coefficient (Wildman–Crippen LogP) is 0.493. The molecule has 0 saturated carbocycles. The van der Waals surface area contributed by atoms with E-state index in [0.29, 0.717) is 17.9 Å². The predicted molar refractivity (Wildman–Crippen MR) is 101 cm³/mol. The first-order valence-corrected chi connectivity index (χ1v) is 9.08. The fourth-order valence-corrected chi connectivity index (χ4v) is 2.86. The van der Waals surface area contributed by atoms with Crippen LogP contribution >= 0.6 is 0 Å². The standard InChI is InChI=1S/C19H26N4O5/c1-5-10-20-16(25)12(2)21-15(24)11-23-17(26)19(3,22-18(23)27)13-6-8-14(28-4)9-7-13/h6-9,12H,5,10-11H2,1-4H3,(H,20,25)(H,21,24)(H,22,27)/t12-,19-/m0/s1. The Labute approximate surface area is 163 Å². The first kappa shape index (κ1) is 21.2. The molecule has 152 valence electrons. The number of urea groups is 1. The number of methoxy groups -OCH3 is 1. The van der Waals surface area contributed by atoms with Gasteiger partial charge >= 0.3 is 6.03 Å². The highest BCUT2D eigenvalue weighted by Crippen LogP contribution is 2.29. The normalized spacial score (nSPS) is 19.8. The van der Waals surface area contributed by atoms with Crippen molar-refractivity contribution in [3.8, 4) is 5.75 Å². The van der Waals surface area contributed by atoms with Gasteiger partial charge in [-0.05, 0) is 38.0 Å². The molecular weight excluding hydrogens is 364 g/mol. The summed E-state index contributed by atoms with van der Waals surface area (Å²) in [5, 5.41) is 7.80. The maximum absolute atomic E-state index is 12.8. The molecule has 1 aromatic rings. The second-order valence-corrected chi connectivity index (χ2v) is 6.76. The van der Waals surface area contributed by atoms with Gasteiger partial charge in [-0.15, -0.1) is 0 Å². The van der Waals surface area contributed by atoms with E-state index in [4.69, 9.17) is 4.74 Å². The van der Waals surface area contributed by atoms with Gasteiger partial charge in [0.25, 0.3) is 5.91 Å². The summed E-state index contributed by atoms with van der Waals surface area (Å²) < 4.78 is 5.10. The number of benzene rings is 1. The minimum atomic E-state index is -1.28. The van der Waals surface area contributed by atoms with Crippen LogP contribution in [-0.2, 0) is 19.9 Å². The number of carbonyl (C=O) groups excluding carboxylic acids is 4. The largest absolute Gasteiger partial charge is 0.497 e. The van der Waals surface area contributed by atoms with E-state index < -0.39 is 36.0 Å². The van der Waals surface area contributed by atoms with E-state index in [0.717, 1.165) is 11.3 Å². The molecule has 2 atom stereocenters. The SMILES string of the molecule is CCCNC(=O)[C@H](C)NC(=O)CN1C(=O)N[C@@](C)(c2ccc(OC)cc2)C1=O. The van der Waals surface area contributed by atoms with E-state index in [-0.39, 0.29) is 5.91 Å². The van der Waals surface area contributed by atoms with Crippen LogP contribution in [0.2, 0.25) is 0 Å². The minimum Gasteiger partial charge on any atom is -0.497 e. The number of imide groups is 1. The van der Waals surface area contributed by atoms with Gasteiger partial charge in [0.1, 0.15) is 23.9 Å². The lowest BCUT2D eigenvalue weighted by Gasteiger charge is -2.22. The lowest BCUT2D eigenvalue weighted by atomic mass is 9.92. The van der Waals surface area contributed by atoms with Crippen LogP contribution in [0.1, 0.15) is 32.8 Å². The zero-order valence-electron chi connectivity index (χ0n) is 16.5. The summed E-state index contributed by atoms with van der Waals surface area (Å²) in [7, 11) is 1.53. The number of nitrogens with zero attached hydrogens (tertiary/aromatic N) is 1. The first-order chi connectivity index (χ1) is 13.2. The monoisotopic (exact) mass is 390 g/mol. The van der Waals surface area contributed by atoms with Crippen LogP contribution in [0.4, 0.5) is 4.79 Å². The smallest absolute Gasteiger partial charge is 0.325 e. The van der Waals surface area contributed by atoms with Crippen molar-refractivity contribution in [3.63, 3.8) is 0 Å². The fourth-order valence-electron chi connectivity index (χ4n) is 2.86. The molecule has 0 radical (unpaired) electrons. The van der Waals surface area contributed by atoms with Gasteiger partial charge < -0.3 is 20.7 Å². The Morgan fingerprint density at radius 1 is 1.25 bits per heavy atom. The number of rotatable bonds is 8. The maximum Gasteiger partial charge on any atom is 0.325 e. The molecule has 2 rings (SSSR count). The Morgan fingerprint density at radius 2 is 1.89 bits per heavy atom. The summed E-state index contributed by atoms with van der Waals surface area (Å²) >= 11 is 0. The Morgan fingerprint density at radius 3 is 2.46 bits per heavy atom. The molecule has 1 aliphatic rings. The van der Waals surface area contributed by atoms with E-state index in [2.05, 4.69) is 16.0 Å². The number of nitrogens with one attached hydrogen (secondary N) is 3. The van der Waals surface area contributed by atoms with E-state index in [9.17, 15) is 19.2 Å². The molecule has 0 aromatic heterocycles. The van der Waals surface area contributed by atoms with Gasteiger partial charge in [-0.25, -0.2) is 4.79 Å². The van der Waals surface area contributed by atoms with E-state index in [1.54, 1.807) is 31.2 Å². The van der Waals surface area contributed by atoms with Gasteiger partial charge in [-0.3, -0.25) is 19.3 Å². The Balaban J connectivity index is 2.04. The highest BCUT2D eigenvalue weighted by atomic mass is 16.5. The molecule has 9 heteroatoms. The Hall–Kier alpha value is -3.10. The van der Waals surface area contributed by atoms with Crippen LogP contribution in [0.5, 0.6) is 5.75 Å². The van der Waals surface area contributed by atoms with E-state index in [1.165, 1.54) is 14.0 Å². The molecule has 0 aliphatic carbocycles. The van der Waals surface area contributed by atoms with Crippen molar-refractivity contribution in [2.45, 2.75) is 38.8 Å². The highest BCUT2D eigenvalue weighted by molar-refractivity contribution is 6.09. The average Bonchev–Trinajstić information content (AvgIpc) is 2.90. The molecular formula is C19H26N4O5. The van der Waals surface area contributed by atoms with E-state index in [1.807, 2.05) is 6.92 Å². The summed E-state index contributed by atoms with van der Waals surface area (Å²) in [6, 6.07) is 5.30. The number of amides is 5. The number of ether oxygens (including phenoxy) is 1. The fraction of sp³-hybridized carbons (Fsp3) is 0.474. The molecule has 1 aliphatic heterocycles. The third kappa shape index (κ3) is 4.41.